The molecule has 0 N–H and O–H groups in total. The molecular formula is C16H24N2O. The number of aromatic nitrogens is 1. The van der Waals surface area contributed by atoms with Crippen molar-refractivity contribution in [1.82, 2.24) is 9.47 Å². The molecule has 0 aromatic carbocycles. The maximum absolute atomic E-state index is 12.2. The van der Waals surface area contributed by atoms with E-state index in [-0.39, 0.29) is 5.41 Å². The first-order chi connectivity index (χ1) is 8.96. The molecule has 1 saturated heterocycles. The van der Waals surface area contributed by atoms with Gasteiger partial charge in [-0.25, -0.2) is 0 Å². The zero-order chi connectivity index (χ0) is 13.6. The van der Waals surface area contributed by atoms with Gasteiger partial charge in [-0.2, -0.15) is 0 Å². The molecule has 2 heterocycles. The summed E-state index contributed by atoms with van der Waals surface area (Å²) in [5.41, 5.74) is 2.39. The Hall–Kier alpha value is -1.09. The van der Waals surface area contributed by atoms with Crippen molar-refractivity contribution in [1.29, 1.82) is 0 Å². The number of ketones is 1. The lowest BCUT2D eigenvalue weighted by Crippen LogP contribution is -2.33. The number of hydrogen-bond donors (Lipinski definition) is 0. The van der Waals surface area contributed by atoms with E-state index in [1.54, 1.807) is 0 Å². The van der Waals surface area contributed by atoms with Gasteiger partial charge in [0.05, 0.1) is 0 Å². The number of nitrogens with zero attached hydrogens (tertiary/aromatic N) is 2. The van der Waals surface area contributed by atoms with Crippen molar-refractivity contribution in [2.24, 2.45) is 5.41 Å². The Labute approximate surface area is 115 Å². The first-order valence-corrected chi connectivity index (χ1v) is 7.38. The normalized spacial score (nSPS) is 24.5. The molecule has 1 aliphatic carbocycles. The van der Waals surface area contributed by atoms with Crippen LogP contribution in [0.2, 0.25) is 0 Å². The largest absolute Gasteiger partial charge is 0.348 e. The first-order valence-electron chi connectivity index (χ1n) is 7.38. The zero-order valence-corrected chi connectivity index (χ0v) is 12.3. The van der Waals surface area contributed by atoms with Crippen molar-refractivity contribution in [2.75, 3.05) is 20.1 Å². The van der Waals surface area contributed by atoms with E-state index in [9.17, 15) is 4.79 Å². The highest BCUT2D eigenvalue weighted by atomic mass is 16.1. The Kier molecular flexibility index (Phi) is 3.05. The minimum atomic E-state index is 0.117. The lowest BCUT2D eigenvalue weighted by molar-refractivity contribution is 0.0908. The summed E-state index contributed by atoms with van der Waals surface area (Å²) in [6.07, 6.45) is 6.28. The van der Waals surface area contributed by atoms with Crippen LogP contribution < -0.4 is 0 Å². The molecule has 0 saturated carbocycles. The van der Waals surface area contributed by atoms with Crippen molar-refractivity contribution >= 4 is 5.78 Å². The number of likely N-dealkylation sites (tertiary alicyclic amines) is 1. The molecule has 0 atom stereocenters. The molecule has 0 radical (unpaired) electrons. The van der Waals surface area contributed by atoms with Crippen LogP contribution >= 0.6 is 0 Å². The Morgan fingerprint density at radius 1 is 1.21 bits per heavy atom. The smallest absolute Gasteiger partial charge is 0.165 e. The fourth-order valence-corrected chi connectivity index (χ4v) is 3.58. The number of hydrogen-bond acceptors (Lipinski definition) is 2. The minimum Gasteiger partial charge on any atom is -0.348 e. The summed E-state index contributed by atoms with van der Waals surface area (Å²) in [6, 6.07) is 2.63. The van der Waals surface area contributed by atoms with Gasteiger partial charge in [-0.05, 0) is 50.9 Å². The predicted octanol–water partition coefficient (Wildman–Crippen LogP) is 2.91. The van der Waals surface area contributed by atoms with Gasteiger partial charge in [0, 0.05) is 29.9 Å². The molecule has 2 aliphatic rings. The second kappa shape index (κ2) is 4.48. The van der Waals surface area contributed by atoms with Gasteiger partial charge in [0.25, 0.3) is 0 Å². The molecule has 0 spiro atoms. The zero-order valence-electron chi connectivity index (χ0n) is 12.3. The molecular weight excluding hydrogens is 236 g/mol. The number of carbonyl (C=O) groups excluding carboxylic acids is 1. The molecule has 1 fully saturated rings. The quantitative estimate of drug-likeness (QED) is 0.775. The lowest BCUT2D eigenvalue weighted by atomic mass is 9.76. The first kappa shape index (κ1) is 12.9. The summed E-state index contributed by atoms with van der Waals surface area (Å²) in [5, 5.41) is 0. The van der Waals surface area contributed by atoms with Crippen molar-refractivity contribution in [3.63, 3.8) is 0 Å². The highest BCUT2D eigenvalue weighted by Crippen LogP contribution is 2.37. The minimum absolute atomic E-state index is 0.117. The summed E-state index contributed by atoms with van der Waals surface area (Å²) in [6.45, 7) is 6.74. The number of piperidine rings is 1. The standard InChI is InChI=1S/C16H24N2O/c1-16(2)10-14-13(15(19)11-16)6-9-18(14)12-4-7-17(3)8-5-12/h6,9,12H,4-5,7-8,10-11H2,1-3H3. The van der Waals surface area contributed by atoms with Gasteiger partial charge in [-0.3, -0.25) is 4.79 Å². The third-order valence-electron chi connectivity index (χ3n) is 4.69. The highest BCUT2D eigenvalue weighted by molar-refractivity contribution is 5.98. The maximum Gasteiger partial charge on any atom is 0.165 e. The SMILES string of the molecule is CN1CCC(n2ccc3c2CC(C)(C)CC3=O)CC1. The Balaban J connectivity index is 1.91. The number of fused-ring (bicyclic) bond motifs is 1. The van der Waals surface area contributed by atoms with E-state index in [0.29, 0.717) is 18.2 Å². The van der Waals surface area contributed by atoms with Crippen LogP contribution in [-0.4, -0.2) is 35.4 Å². The Bertz CT molecular complexity index is 493. The summed E-state index contributed by atoms with van der Waals surface area (Å²) >= 11 is 0. The Morgan fingerprint density at radius 3 is 2.58 bits per heavy atom. The van der Waals surface area contributed by atoms with Gasteiger partial charge in [-0.15, -0.1) is 0 Å². The average molecular weight is 260 g/mol. The predicted molar refractivity (Wildman–Crippen MR) is 76.6 cm³/mol. The van der Waals surface area contributed by atoms with Gasteiger partial charge in [0.1, 0.15) is 0 Å². The fourth-order valence-electron chi connectivity index (χ4n) is 3.58. The summed E-state index contributed by atoms with van der Waals surface area (Å²) in [4.78, 5) is 14.6. The monoisotopic (exact) mass is 260 g/mol. The molecule has 1 aliphatic heterocycles. The Morgan fingerprint density at radius 2 is 1.89 bits per heavy atom. The molecule has 1 aromatic heterocycles. The molecule has 0 bridgehead atoms. The third-order valence-corrected chi connectivity index (χ3v) is 4.69. The van der Waals surface area contributed by atoms with E-state index in [0.717, 1.165) is 25.1 Å². The van der Waals surface area contributed by atoms with Crippen LogP contribution in [0.5, 0.6) is 0 Å². The number of rotatable bonds is 1. The molecule has 104 valence electrons. The van der Waals surface area contributed by atoms with Gasteiger partial charge in [-0.1, -0.05) is 13.8 Å². The van der Waals surface area contributed by atoms with Crippen LogP contribution in [0.4, 0.5) is 0 Å². The molecule has 0 unspecified atom stereocenters. The van der Waals surface area contributed by atoms with Crippen molar-refractivity contribution in [2.45, 2.75) is 45.6 Å². The second-order valence-corrected chi connectivity index (χ2v) is 7.06. The van der Waals surface area contributed by atoms with E-state index < -0.39 is 0 Å². The van der Waals surface area contributed by atoms with Crippen LogP contribution in [0.15, 0.2) is 12.3 Å². The molecule has 3 nitrogen and oxygen atoms in total. The highest BCUT2D eigenvalue weighted by Gasteiger charge is 2.34. The summed E-state index contributed by atoms with van der Waals surface area (Å²) < 4.78 is 2.40. The third kappa shape index (κ3) is 2.36. The van der Waals surface area contributed by atoms with E-state index in [4.69, 9.17) is 0 Å². The topological polar surface area (TPSA) is 25.2 Å². The van der Waals surface area contributed by atoms with Gasteiger partial charge < -0.3 is 9.47 Å². The molecule has 3 rings (SSSR count). The molecule has 19 heavy (non-hydrogen) atoms. The lowest BCUT2D eigenvalue weighted by Gasteiger charge is -2.34. The molecule has 0 amide bonds. The van der Waals surface area contributed by atoms with Gasteiger partial charge in [0.2, 0.25) is 0 Å². The van der Waals surface area contributed by atoms with Crippen molar-refractivity contribution in [3.05, 3.63) is 23.5 Å². The van der Waals surface area contributed by atoms with Crippen molar-refractivity contribution in [3.8, 4) is 0 Å². The summed E-state index contributed by atoms with van der Waals surface area (Å²) in [5.74, 6) is 0.331. The van der Waals surface area contributed by atoms with E-state index in [1.807, 2.05) is 6.07 Å². The number of carbonyl (C=O) groups is 1. The molecule has 1 aromatic rings. The molecule has 3 heteroatoms. The van der Waals surface area contributed by atoms with Crippen molar-refractivity contribution < 1.29 is 4.79 Å². The average Bonchev–Trinajstić information content (AvgIpc) is 2.72. The van der Waals surface area contributed by atoms with Crippen LogP contribution in [0.3, 0.4) is 0 Å². The van der Waals surface area contributed by atoms with Gasteiger partial charge >= 0.3 is 0 Å². The van der Waals surface area contributed by atoms with E-state index in [1.165, 1.54) is 18.5 Å². The maximum atomic E-state index is 12.2. The fraction of sp³-hybridized carbons (Fsp3) is 0.688. The van der Waals surface area contributed by atoms with Crippen LogP contribution in [0, 0.1) is 5.41 Å². The van der Waals surface area contributed by atoms with E-state index in [2.05, 4.69) is 36.6 Å². The summed E-state index contributed by atoms with van der Waals surface area (Å²) in [7, 11) is 2.19. The van der Waals surface area contributed by atoms with Crippen LogP contribution in [0.1, 0.15) is 55.2 Å². The van der Waals surface area contributed by atoms with Crippen LogP contribution in [-0.2, 0) is 6.42 Å². The second-order valence-electron chi connectivity index (χ2n) is 7.06. The number of Topliss-reactive ketones (excluding diaryl/α,β-unsaturated/α-hetero) is 1. The van der Waals surface area contributed by atoms with Crippen LogP contribution in [0.25, 0.3) is 0 Å². The van der Waals surface area contributed by atoms with E-state index >= 15 is 0 Å². The van der Waals surface area contributed by atoms with Gasteiger partial charge in [0.15, 0.2) is 5.78 Å².